The largest absolute Gasteiger partial charge is 0.388 e. The van der Waals surface area contributed by atoms with Crippen LogP contribution < -0.4 is 0 Å². The summed E-state index contributed by atoms with van der Waals surface area (Å²) < 4.78 is 13.8. The molecule has 0 amide bonds. The fraction of sp³-hybridized carbons (Fsp3) is 0.214. The Morgan fingerprint density at radius 1 is 1.39 bits per heavy atom. The molecule has 1 aromatic carbocycles. The van der Waals surface area contributed by atoms with Crippen molar-refractivity contribution in [3.05, 3.63) is 63.6 Å². The second-order valence-electron chi connectivity index (χ2n) is 4.17. The Bertz CT molecular complexity index is 559. The van der Waals surface area contributed by atoms with Crippen LogP contribution in [-0.2, 0) is 6.42 Å². The molecular formula is C14H13BrFNO. The minimum absolute atomic E-state index is 0.317. The van der Waals surface area contributed by atoms with Crippen molar-refractivity contribution in [3.8, 4) is 0 Å². The molecule has 0 spiro atoms. The Labute approximate surface area is 114 Å². The number of aryl methyl sites for hydroxylation is 1. The van der Waals surface area contributed by atoms with Gasteiger partial charge in [-0.15, -0.1) is 0 Å². The van der Waals surface area contributed by atoms with Gasteiger partial charge in [0.2, 0.25) is 0 Å². The fourth-order valence-electron chi connectivity index (χ4n) is 1.85. The predicted molar refractivity (Wildman–Crippen MR) is 71.7 cm³/mol. The maximum absolute atomic E-state index is 13.4. The molecule has 0 fully saturated rings. The van der Waals surface area contributed by atoms with E-state index in [4.69, 9.17) is 0 Å². The standard InChI is InChI=1S/C14H13BrFNO/c1-9-5-6-17-8-11(9)13(18)7-10-3-2-4-12(16)14(10)15/h2-6,8,13,18H,7H2,1H3. The summed E-state index contributed by atoms with van der Waals surface area (Å²) in [5.41, 5.74) is 2.49. The third-order valence-corrected chi connectivity index (χ3v) is 3.77. The Hall–Kier alpha value is -1.26. The van der Waals surface area contributed by atoms with Crippen LogP contribution in [-0.4, -0.2) is 10.1 Å². The van der Waals surface area contributed by atoms with Gasteiger partial charge in [0.25, 0.3) is 0 Å². The summed E-state index contributed by atoms with van der Waals surface area (Å²) in [4.78, 5) is 4.00. The number of aliphatic hydroxyl groups is 1. The zero-order chi connectivity index (χ0) is 13.1. The minimum atomic E-state index is -0.684. The number of rotatable bonds is 3. The number of aromatic nitrogens is 1. The van der Waals surface area contributed by atoms with Gasteiger partial charge < -0.3 is 5.11 Å². The molecule has 1 unspecified atom stereocenters. The summed E-state index contributed by atoms with van der Waals surface area (Å²) in [6.45, 7) is 1.92. The first-order valence-electron chi connectivity index (χ1n) is 5.61. The lowest BCUT2D eigenvalue weighted by atomic mass is 9.99. The van der Waals surface area contributed by atoms with Crippen molar-refractivity contribution in [1.29, 1.82) is 0 Å². The molecule has 2 rings (SSSR count). The number of nitrogens with zero attached hydrogens (tertiary/aromatic N) is 1. The molecule has 2 aromatic rings. The van der Waals surface area contributed by atoms with Crippen molar-refractivity contribution in [3.63, 3.8) is 0 Å². The molecule has 18 heavy (non-hydrogen) atoms. The van der Waals surface area contributed by atoms with E-state index in [2.05, 4.69) is 20.9 Å². The fourth-order valence-corrected chi connectivity index (χ4v) is 2.28. The van der Waals surface area contributed by atoms with E-state index in [9.17, 15) is 9.50 Å². The number of hydrogen-bond donors (Lipinski definition) is 1. The van der Waals surface area contributed by atoms with Crippen molar-refractivity contribution >= 4 is 15.9 Å². The van der Waals surface area contributed by atoms with Gasteiger partial charge in [-0.05, 0) is 46.1 Å². The molecule has 1 atom stereocenters. The average Bonchev–Trinajstić information content (AvgIpc) is 2.35. The maximum atomic E-state index is 13.4. The van der Waals surface area contributed by atoms with E-state index in [0.29, 0.717) is 10.9 Å². The number of aliphatic hydroxyl groups excluding tert-OH is 1. The summed E-state index contributed by atoms with van der Waals surface area (Å²) in [5, 5.41) is 10.2. The van der Waals surface area contributed by atoms with Crippen LogP contribution in [0.1, 0.15) is 22.8 Å². The third kappa shape index (κ3) is 2.76. The summed E-state index contributed by atoms with van der Waals surface area (Å²) in [7, 11) is 0. The monoisotopic (exact) mass is 309 g/mol. The first-order chi connectivity index (χ1) is 8.59. The van der Waals surface area contributed by atoms with Crippen LogP contribution in [0.2, 0.25) is 0 Å². The number of benzene rings is 1. The molecule has 0 radical (unpaired) electrons. The van der Waals surface area contributed by atoms with Gasteiger partial charge in [-0.3, -0.25) is 4.98 Å². The highest BCUT2D eigenvalue weighted by Crippen LogP contribution is 2.26. The molecule has 1 heterocycles. The highest BCUT2D eigenvalue weighted by atomic mass is 79.9. The lowest BCUT2D eigenvalue weighted by Crippen LogP contribution is -2.05. The van der Waals surface area contributed by atoms with Crippen molar-refractivity contribution < 1.29 is 9.50 Å². The molecule has 0 aliphatic rings. The van der Waals surface area contributed by atoms with Gasteiger partial charge in [0.05, 0.1) is 10.6 Å². The van der Waals surface area contributed by atoms with E-state index in [1.54, 1.807) is 24.5 Å². The Kier molecular flexibility index (Phi) is 4.09. The third-order valence-electron chi connectivity index (χ3n) is 2.88. The smallest absolute Gasteiger partial charge is 0.137 e. The summed E-state index contributed by atoms with van der Waals surface area (Å²) in [6, 6.07) is 6.66. The summed E-state index contributed by atoms with van der Waals surface area (Å²) in [5.74, 6) is -0.317. The van der Waals surface area contributed by atoms with Crippen LogP contribution in [0.25, 0.3) is 0 Å². The van der Waals surface area contributed by atoms with Crippen molar-refractivity contribution in [2.75, 3.05) is 0 Å². The van der Waals surface area contributed by atoms with Gasteiger partial charge in [0.1, 0.15) is 5.82 Å². The molecule has 0 saturated carbocycles. The van der Waals surface area contributed by atoms with Crippen LogP contribution >= 0.6 is 15.9 Å². The molecule has 4 heteroatoms. The normalized spacial score (nSPS) is 12.4. The average molecular weight is 310 g/mol. The van der Waals surface area contributed by atoms with E-state index in [-0.39, 0.29) is 5.82 Å². The SMILES string of the molecule is Cc1ccncc1C(O)Cc1cccc(F)c1Br. The first kappa shape index (κ1) is 13.2. The molecule has 0 bridgehead atoms. The van der Waals surface area contributed by atoms with Gasteiger partial charge in [-0.25, -0.2) is 4.39 Å². The summed E-state index contributed by atoms with van der Waals surface area (Å²) in [6.07, 6.45) is 3.00. The second-order valence-corrected chi connectivity index (χ2v) is 4.96. The van der Waals surface area contributed by atoms with Crippen LogP contribution in [0.15, 0.2) is 41.1 Å². The maximum Gasteiger partial charge on any atom is 0.137 e. The lowest BCUT2D eigenvalue weighted by molar-refractivity contribution is 0.177. The molecule has 0 aliphatic carbocycles. The highest BCUT2D eigenvalue weighted by Gasteiger charge is 2.14. The minimum Gasteiger partial charge on any atom is -0.388 e. The molecule has 0 aliphatic heterocycles. The topological polar surface area (TPSA) is 33.1 Å². The van der Waals surface area contributed by atoms with Crippen LogP contribution in [0.3, 0.4) is 0 Å². The van der Waals surface area contributed by atoms with E-state index >= 15 is 0 Å². The quantitative estimate of drug-likeness (QED) is 0.940. The predicted octanol–water partition coefficient (Wildman–Crippen LogP) is 3.57. The van der Waals surface area contributed by atoms with Gasteiger partial charge in [-0.2, -0.15) is 0 Å². The molecular weight excluding hydrogens is 297 g/mol. The van der Waals surface area contributed by atoms with E-state index < -0.39 is 6.10 Å². The number of hydrogen-bond acceptors (Lipinski definition) is 2. The highest BCUT2D eigenvalue weighted by molar-refractivity contribution is 9.10. The lowest BCUT2D eigenvalue weighted by Gasteiger charge is -2.14. The molecule has 94 valence electrons. The van der Waals surface area contributed by atoms with Gasteiger partial charge in [0, 0.05) is 24.4 Å². The van der Waals surface area contributed by atoms with Crippen LogP contribution in [0.5, 0.6) is 0 Å². The van der Waals surface area contributed by atoms with Gasteiger partial charge in [-0.1, -0.05) is 12.1 Å². The zero-order valence-corrected chi connectivity index (χ0v) is 11.5. The van der Waals surface area contributed by atoms with Crippen LogP contribution in [0.4, 0.5) is 4.39 Å². The number of halogens is 2. The van der Waals surface area contributed by atoms with Crippen molar-refractivity contribution in [2.45, 2.75) is 19.4 Å². The molecule has 1 N–H and O–H groups in total. The molecule has 2 nitrogen and oxygen atoms in total. The zero-order valence-electron chi connectivity index (χ0n) is 9.90. The Morgan fingerprint density at radius 2 is 2.17 bits per heavy atom. The van der Waals surface area contributed by atoms with E-state index in [0.717, 1.165) is 16.7 Å². The Balaban J connectivity index is 2.24. The van der Waals surface area contributed by atoms with Crippen molar-refractivity contribution in [2.24, 2.45) is 0 Å². The van der Waals surface area contributed by atoms with Gasteiger partial charge >= 0.3 is 0 Å². The summed E-state index contributed by atoms with van der Waals surface area (Å²) >= 11 is 3.20. The second kappa shape index (κ2) is 5.59. The van der Waals surface area contributed by atoms with Crippen LogP contribution in [0, 0.1) is 12.7 Å². The molecule has 0 saturated heterocycles. The Morgan fingerprint density at radius 3 is 2.89 bits per heavy atom. The van der Waals surface area contributed by atoms with E-state index in [1.807, 2.05) is 13.0 Å². The first-order valence-corrected chi connectivity index (χ1v) is 6.40. The van der Waals surface area contributed by atoms with Gasteiger partial charge in [0.15, 0.2) is 0 Å². The van der Waals surface area contributed by atoms with E-state index in [1.165, 1.54) is 6.07 Å². The molecule has 1 aromatic heterocycles. The number of pyridine rings is 1. The van der Waals surface area contributed by atoms with Crippen molar-refractivity contribution in [1.82, 2.24) is 4.98 Å².